The first kappa shape index (κ1) is 18.8. The number of hydrogen-bond acceptors (Lipinski definition) is 4. The molecule has 0 aliphatic heterocycles. The zero-order chi connectivity index (χ0) is 18.5. The fourth-order valence-electron chi connectivity index (χ4n) is 2.26. The molecule has 0 saturated heterocycles. The summed E-state index contributed by atoms with van der Waals surface area (Å²) in [5.41, 5.74) is 2.80. The molecule has 1 heterocycles. The largest absolute Gasteiger partial charge is 0.351 e. The van der Waals surface area contributed by atoms with E-state index in [2.05, 4.69) is 15.5 Å². The van der Waals surface area contributed by atoms with E-state index in [0.29, 0.717) is 21.7 Å². The number of aryl methyl sites for hydroxylation is 1. The maximum Gasteiger partial charge on any atom is 0.230 e. The molecule has 3 aromatic rings. The van der Waals surface area contributed by atoms with Gasteiger partial charge < -0.3 is 5.32 Å². The first-order valence-electron chi connectivity index (χ1n) is 7.83. The molecule has 26 heavy (non-hydrogen) atoms. The van der Waals surface area contributed by atoms with Gasteiger partial charge in [-0.15, -0.1) is 10.2 Å². The number of carbonyl (C=O) groups is 1. The monoisotopic (exact) mass is 406 g/mol. The molecule has 0 unspecified atom stereocenters. The summed E-state index contributed by atoms with van der Waals surface area (Å²) in [5.74, 6) is 0.144. The maximum absolute atomic E-state index is 12.1. The Hall–Kier alpha value is -2.02. The van der Waals surface area contributed by atoms with Crippen molar-refractivity contribution >= 4 is 40.9 Å². The van der Waals surface area contributed by atoms with Crippen molar-refractivity contribution < 1.29 is 4.79 Å². The average molecular weight is 407 g/mol. The molecular weight excluding hydrogens is 391 g/mol. The summed E-state index contributed by atoms with van der Waals surface area (Å²) < 4.78 is 1.81. The quantitative estimate of drug-likeness (QED) is 0.620. The van der Waals surface area contributed by atoms with E-state index in [-0.39, 0.29) is 11.7 Å². The number of hydrogen-bond donors (Lipinski definition) is 1. The van der Waals surface area contributed by atoms with Gasteiger partial charge in [0, 0.05) is 16.6 Å². The maximum atomic E-state index is 12.1. The summed E-state index contributed by atoms with van der Waals surface area (Å²) in [7, 11) is 0. The van der Waals surface area contributed by atoms with Crippen LogP contribution >= 0.6 is 35.0 Å². The van der Waals surface area contributed by atoms with Crippen LogP contribution < -0.4 is 5.32 Å². The summed E-state index contributed by atoms with van der Waals surface area (Å²) in [6.45, 7) is 2.37. The Bertz CT molecular complexity index is 929. The zero-order valence-corrected chi connectivity index (χ0v) is 16.3. The van der Waals surface area contributed by atoms with Crippen LogP contribution in [0.1, 0.15) is 11.1 Å². The molecule has 134 valence electrons. The lowest BCUT2D eigenvalue weighted by Crippen LogP contribution is -2.24. The van der Waals surface area contributed by atoms with E-state index in [1.807, 2.05) is 43.3 Å². The smallest absolute Gasteiger partial charge is 0.230 e. The van der Waals surface area contributed by atoms with Gasteiger partial charge in [0.1, 0.15) is 6.33 Å². The van der Waals surface area contributed by atoms with Gasteiger partial charge >= 0.3 is 0 Å². The van der Waals surface area contributed by atoms with Gasteiger partial charge in [-0.05, 0) is 42.3 Å². The highest BCUT2D eigenvalue weighted by molar-refractivity contribution is 7.99. The number of amides is 1. The topological polar surface area (TPSA) is 59.8 Å². The van der Waals surface area contributed by atoms with Crippen LogP contribution in [-0.4, -0.2) is 26.4 Å². The SMILES string of the molecule is Cc1ccc(-n2cnnc2SCC(=O)NCc2cccc(Cl)c2)cc1Cl. The van der Waals surface area contributed by atoms with Gasteiger partial charge in [-0.25, -0.2) is 0 Å². The summed E-state index contributed by atoms with van der Waals surface area (Å²) in [4.78, 5) is 12.1. The molecule has 0 aliphatic carbocycles. The van der Waals surface area contributed by atoms with Gasteiger partial charge in [-0.2, -0.15) is 0 Å². The van der Waals surface area contributed by atoms with Gasteiger partial charge in [0.15, 0.2) is 5.16 Å². The molecule has 0 bridgehead atoms. The third-order valence-corrected chi connectivity index (χ3v) is 5.25. The van der Waals surface area contributed by atoms with E-state index in [1.165, 1.54) is 11.8 Å². The Morgan fingerprint density at radius 2 is 2.08 bits per heavy atom. The third kappa shape index (κ3) is 4.78. The second-order valence-electron chi connectivity index (χ2n) is 5.61. The lowest BCUT2D eigenvalue weighted by atomic mass is 10.2. The number of thioether (sulfide) groups is 1. The van der Waals surface area contributed by atoms with E-state index in [9.17, 15) is 4.79 Å². The minimum atomic E-state index is -0.0912. The molecule has 1 aromatic heterocycles. The molecule has 0 fully saturated rings. The number of aromatic nitrogens is 3. The highest BCUT2D eigenvalue weighted by atomic mass is 35.5. The van der Waals surface area contributed by atoms with Crippen LogP contribution in [0, 0.1) is 6.92 Å². The predicted octanol–water partition coefficient (Wildman–Crippen LogP) is 4.29. The minimum Gasteiger partial charge on any atom is -0.351 e. The van der Waals surface area contributed by atoms with Crippen LogP contribution in [-0.2, 0) is 11.3 Å². The molecule has 0 spiro atoms. The summed E-state index contributed by atoms with van der Waals surface area (Å²) in [6.07, 6.45) is 1.60. The normalized spacial score (nSPS) is 10.7. The number of halogens is 2. The van der Waals surface area contributed by atoms with Crippen LogP contribution in [0.25, 0.3) is 5.69 Å². The van der Waals surface area contributed by atoms with E-state index in [1.54, 1.807) is 17.0 Å². The number of rotatable bonds is 6. The standard InChI is InChI=1S/C18H16Cl2N4OS/c1-12-5-6-15(8-16(12)20)24-11-22-23-18(24)26-10-17(25)21-9-13-3-2-4-14(19)7-13/h2-8,11H,9-10H2,1H3,(H,21,25). The minimum absolute atomic E-state index is 0.0912. The summed E-state index contributed by atoms with van der Waals surface area (Å²) >= 11 is 13.4. The Morgan fingerprint density at radius 3 is 2.85 bits per heavy atom. The van der Waals surface area contributed by atoms with Crippen molar-refractivity contribution in [1.82, 2.24) is 20.1 Å². The zero-order valence-electron chi connectivity index (χ0n) is 13.9. The van der Waals surface area contributed by atoms with Gasteiger partial charge in [0.2, 0.25) is 5.91 Å². The van der Waals surface area contributed by atoms with Crippen molar-refractivity contribution in [3.63, 3.8) is 0 Å². The van der Waals surface area contributed by atoms with Crippen molar-refractivity contribution in [3.8, 4) is 5.69 Å². The van der Waals surface area contributed by atoms with Gasteiger partial charge in [-0.1, -0.05) is 53.2 Å². The van der Waals surface area contributed by atoms with Crippen molar-refractivity contribution in [2.75, 3.05) is 5.75 Å². The Labute approximate surface area is 165 Å². The summed E-state index contributed by atoms with van der Waals surface area (Å²) in [6, 6.07) is 13.1. The molecule has 0 saturated carbocycles. The summed E-state index contributed by atoms with van der Waals surface area (Å²) in [5, 5.41) is 12.8. The molecule has 2 aromatic carbocycles. The van der Waals surface area contributed by atoms with Crippen LogP contribution in [0.4, 0.5) is 0 Å². The predicted molar refractivity (Wildman–Crippen MR) is 105 cm³/mol. The Balaban J connectivity index is 1.59. The van der Waals surface area contributed by atoms with E-state index >= 15 is 0 Å². The van der Waals surface area contributed by atoms with Gasteiger partial charge in [0.05, 0.1) is 11.4 Å². The average Bonchev–Trinajstić information content (AvgIpc) is 3.09. The second kappa shape index (κ2) is 8.58. The fourth-order valence-corrected chi connectivity index (χ4v) is 3.41. The molecule has 8 heteroatoms. The van der Waals surface area contributed by atoms with Gasteiger partial charge in [-0.3, -0.25) is 9.36 Å². The lowest BCUT2D eigenvalue weighted by molar-refractivity contribution is -0.118. The van der Waals surface area contributed by atoms with Crippen molar-refractivity contribution in [3.05, 3.63) is 70.0 Å². The molecule has 0 atom stereocenters. The molecule has 0 radical (unpaired) electrons. The van der Waals surface area contributed by atoms with E-state index in [4.69, 9.17) is 23.2 Å². The molecule has 5 nitrogen and oxygen atoms in total. The van der Waals surface area contributed by atoms with E-state index in [0.717, 1.165) is 16.8 Å². The van der Waals surface area contributed by atoms with Crippen LogP contribution in [0.3, 0.4) is 0 Å². The molecular formula is C18H16Cl2N4OS. The lowest BCUT2D eigenvalue weighted by Gasteiger charge is -2.08. The highest BCUT2D eigenvalue weighted by Crippen LogP contribution is 2.23. The molecule has 1 N–H and O–H groups in total. The fraction of sp³-hybridized carbons (Fsp3) is 0.167. The van der Waals surface area contributed by atoms with Gasteiger partial charge in [0.25, 0.3) is 0 Å². The van der Waals surface area contributed by atoms with Crippen LogP contribution in [0.5, 0.6) is 0 Å². The third-order valence-electron chi connectivity index (χ3n) is 3.66. The van der Waals surface area contributed by atoms with Crippen molar-refractivity contribution in [2.45, 2.75) is 18.6 Å². The molecule has 3 rings (SSSR count). The molecule has 0 aliphatic rings. The second-order valence-corrected chi connectivity index (χ2v) is 7.40. The molecule has 1 amide bonds. The Kier molecular flexibility index (Phi) is 6.19. The number of nitrogens with one attached hydrogen (secondary N) is 1. The van der Waals surface area contributed by atoms with Crippen LogP contribution in [0.15, 0.2) is 53.9 Å². The first-order chi connectivity index (χ1) is 12.5. The highest BCUT2D eigenvalue weighted by Gasteiger charge is 2.11. The van der Waals surface area contributed by atoms with Crippen LogP contribution in [0.2, 0.25) is 10.0 Å². The first-order valence-corrected chi connectivity index (χ1v) is 9.57. The van der Waals surface area contributed by atoms with Crippen molar-refractivity contribution in [1.29, 1.82) is 0 Å². The number of benzene rings is 2. The van der Waals surface area contributed by atoms with Crippen molar-refractivity contribution in [2.24, 2.45) is 0 Å². The van der Waals surface area contributed by atoms with E-state index < -0.39 is 0 Å². The number of nitrogens with zero attached hydrogens (tertiary/aromatic N) is 3. The Morgan fingerprint density at radius 1 is 1.23 bits per heavy atom. The number of carbonyl (C=O) groups excluding carboxylic acids is 1.